The Morgan fingerprint density at radius 3 is 2.17 bits per heavy atom. The summed E-state index contributed by atoms with van der Waals surface area (Å²) in [5.41, 5.74) is 1.86. The molecule has 2 rings (SSSR count). The summed E-state index contributed by atoms with van der Waals surface area (Å²) in [6.07, 6.45) is -0.685. The number of likely N-dealkylation sites (N-methyl/N-ethyl adjacent to an activating group) is 1. The first-order chi connectivity index (χ1) is 11.2. The van der Waals surface area contributed by atoms with Crippen molar-refractivity contribution in [1.29, 1.82) is 0 Å². The van der Waals surface area contributed by atoms with Crippen molar-refractivity contribution in [1.82, 2.24) is 4.90 Å². The molecule has 0 aromatic heterocycles. The molecule has 0 unspecified atom stereocenters. The minimum absolute atomic E-state index is 0.0620. The molecule has 4 heteroatoms. The predicted octanol–water partition coefficient (Wildman–Crippen LogP) is 2.78. The lowest BCUT2D eigenvalue weighted by Gasteiger charge is -2.34. The number of ether oxygens (including phenoxy) is 1. The lowest BCUT2D eigenvalue weighted by molar-refractivity contribution is 0.0404. The second kappa shape index (κ2) is 8.67. The molecule has 0 heterocycles. The maximum atomic E-state index is 11.0. The summed E-state index contributed by atoms with van der Waals surface area (Å²) in [5, 5.41) is 20.3. The Bertz CT molecular complexity index is 571. The second-order valence-electron chi connectivity index (χ2n) is 5.43. The zero-order valence-electron chi connectivity index (χ0n) is 13.7. The zero-order valence-corrected chi connectivity index (χ0v) is 13.7. The molecule has 2 aromatic rings. The number of nitrogens with zero attached hydrogens (tertiary/aromatic N) is 1. The highest BCUT2D eigenvalue weighted by Crippen LogP contribution is 2.34. The van der Waals surface area contributed by atoms with E-state index >= 15 is 0 Å². The first-order valence-electron chi connectivity index (χ1n) is 7.93. The lowest BCUT2D eigenvalue weighted by Crippen LogP contribution is -2.35. The third-order valence-electron chi connectivity index (χ3n) is 4.08. The molecule has 124 valence electrons. The van der Waals surface area contributed by atoms with Crippen molar-refractivity contribution >= 4 is 0 Å². The van der Waals surface area contributed by atoms with E-state index in [0.29, 0.717) is 6.54 Å². The van der Waals surface area contributed by atoms with Crippen molar-refractivity contribution in [2.75, 3.05) is 26.8 Å². The molecule has 23 heavy (non-hydrogen) atoms. The van der Waals surface area contributed by atoms with Gasteiger partial charge in [0.05, 0.1) is 25.9 Å². The highest BCUT2D eigenvalue weighted by Gasteiger charge is 2.27. The topological polar surface area (TPSA) is 52.9 Å². The van der Waals surface area contributed by atoms with Crippen LogP contribution in [-0.2, 0) is 0 Å². The second-order valence-corrected chi connectivity index (χ2v) is 5.43. The molecule has 0 spiro atoms. The van der Waals surface area contributed by atoms with Crippen molar-refractivity contribution in [3.63, 3.8) is 0 Å². The Hall–Kier alpha value is -1.88. The quantitative estimate of drug-likeness (QED) is 0.786. The van der Waals surface area contributed by atoms with E-state index in [0.717, 1.165) is 23.4 Å². The van der Waals surface area contributed by atoms with E-state index in [1.54, 1.807) is 7.11 Å². The Morgan fingerprint density at radius 1 is 1.00 bits per heavy atom. The lowest BCUT2D eigenvalue weighted by atomic mass is 9.94. The van der Waals surface area contributed by atoms with Crippen LogP contribution < -0.4 is 4.74 Å². The minimum atomic E-state index is -0.685. The molecular weight excluding hydrogens is 290 g/mol. The van der Waals surface area contributed by atoms with Gasteiger partial charge in [-0.1, -0.05) is 49.4 Å². The molecule has 0 radical (unpaired) electrons. The fourth-order valence-electron chi connectivity index (χ4n) is 2.85. The fraction of sp³-hybridized carbons (Fsp3) is 0.368. The van der Waals surface area contributed by atoms with E-state index in [-0.39, 0.29) is 12.6 Å². The van der Waals surface area contributed by atoms with Crippen molar-refractivity contribution in [3.05, 3.63) is 65.7 Å². The van der Waals surface area contributed by atoms with Gasteiger partial charge in [-0.15, -0.1) is 0 Å². The highest BCUT2D eigenvalue weighted by atomic mass is 16.5. The van der Waals surface area contributed by atoms with Crippen LogP contribution in [0.2, 0.25) is 0 Å². The molecule has 2 aromatic carbocycles. The number of methoxy groups -OCH3 is 1. The van der Waals surface area contributed by atoms with Gasteiger partial charge in [-0.25, -0.2) is 0 Å². The number of rotatable bonds is 8. The van der Waals surface area contributed by atoms with Crippen molar-refractivity contribution in [3.8, 4) is 5.75 Å². The SMILES string of the molecule is CCN(CCO)[C@H](c1ccccc1)[C@H](O)c1ccc(OC)cc1. The van der Waals surface area contributed by atoms with Crippen molar-refractivity contribution in [2.24, 2.45) is 0 Å². The van der Waals surface area contributed by atoms with Gasteiger partial charge in [0.2, 0.25) is 0 Å². The third kappa shape index (κ3) is 4.32. The van der Waals surface area contributed by atoms with Gasteiger partial charge < -0.3 is 14.9 Å². The normalized spacial score (nSPS) is 13.8. The van der Waals surface area contributed by atoms with Gasteiger partial charge in [-0.2, -0.15) is 0 Å². The van der Waals surface area contributed by atoms with E-state index in [4.69, 9.17) is 4.74 Å². The Balaban J connectivity index is 2.34. The molecule has 4 nitrogen and oxygen atoms in total. The Kier molecular flexibility index (Phi) is 6.59. The van der Waals surface area contributed by atoms with Gasteiger partial charge in [0.1, 0.15) is 5.75 Å². The molecule has 0 fully saturated rings. The molecule has 0 bridgehead atoms. The smallest absolute Gasteiger partial charge is 0.118 e. The van der Waals surface area contributed by atoms with Crippen LogP contribution in [0.1, 0.15) is 30.2 Å². The summed E-state index contributed by atoms with van der Waals surface area (Å²) in [7, 11) is 1.62. The third-order valence-corrected chi connectivity index (χ3v) is 4.08. The Labute approximate surface area is 138 Å². The largest absolute Gasteiger partial charge is 0.497 e. The average Bonchev–Trinajstić information content (AvgIpc) is 2.62. The summed E-state index contributed by atoms with van der Waals surface area (Å²) < 4.78 is 5.18. The average molecular weight is 315 g/mol. The van der Waals surface area contributed by atoms with Crippen molar-refractivity contribution in [2.45, 2.75) is 19.1 Å². The predicted molar refractivity (Wildman–Crippen MR) is 91.5 cm³/mol. The van der Waals surface area contributed by atoms with E-state index in [9.17, 15) is 10.2 Å². The van der Waals surface area contributed by atoms with Gasteiger partial charge in [-0.3, -0.25) is 4.90 Å². The van der Waals surface area contributed by atoms with Gasteiger partial charge in [0, 0.05) is 6.54 Å². The summed E-state index contributed by atoms with van der Waals surface area (Å²) in [5.74, 6) is 0.764. The van der Waals surface area contributed by atoms with Gasteiger partial charge in [0.25, 0.3) is 0 Å². The fourth-order valence-corrected chi connectivity index (χ4v) is 2.85. The van der Waals surface area contributed by atoms with Gasteiger partial charge >= 0.3 is 0 Å². The van der Waals surface area contributed by atoms with E-state index in [1.807, 2.05) is 61.5 Å². The van der Waals surface area contributed by atoms with Gasteiger partial charge in [-0.05, 0) is 29.8 Å². The maximum Gasteiger partial charge on any atom is 0.118 e. The summed E-state index contributed by atoms with van der Waals surface area (Å²) in [4.78, 5) is 2.09. The van der Waals surface area contributed by atoms with Crippen LogP contribution >= 0.6 is 0 Å². The van der Waals surface area contributed by atoms with E-state index in [2.05, 4.69) is 4.90 Å². The first kappa shape index (κ1) is 17.5. The van der Waals surface area contributed by atoms with Crippen LogP contribution in [0.4, 0.5) is 0 Å². The molecule has 0 aliphatic rings. The Morgan fingerprint density at radius 2 is 1.65 bits per heavy atom. The van der Waals surface area contributed by atoms with Crippen LogP contribution in [0.3, 0.4) is 0 Å². The molecule has 2 N–H and O–H groups in total. The maximum absolute atomic E-state index is 11.0. The van der Waals surface area contributed by atoms with Crippen LogP contribution in [0, 0.1) is 0 Å². The summed E-state index contributed by atoms with van der Waals surface area (Å²) in [6.45, 7) is 3.36. The molecule has 0 saturated carbocycles. The first-order valence-corrected chi connectivity index (χ1v) is 7.93. The number of benzene rings is 2. The summed E-state index contributed by atoms with van der Waals surface area (Å²) >= 11 is 0. The van der Waals surface area contributed by atoms with Crippen molar-refractivity contribution < 1.29 is 14.9 Å². The van der Waals surface area contributed by atoms with Crippen LogP contribution in [0.25, 0.3) is 0 Å². The molecule has 0 amide bonds. The van der Waals surface area contributed by atoms with Crippen LogP contribution in [0.15, 0.2) is 54.6 Å². The monoisotopic (exact) mass is 315 g/mol. The van der Waals surface area contributed by atoms with Gasteiger partial charge in [0.15, 0.2) is 0 Å². The highest BCUT2D eigenvalue weighted by molar-refractivity contribution is 5.31. The molecule has 0 aliphatic heterocycles. The summed E-state index contributed by atoms with van der Waals surface area (Å²) in [6, 6.07) is 17.2. The number of hydrogen-bond acceptors (Lipinski definition) is 4. The van der Waals surface area contributed by atoms with Crippen LogP contribution in [-0.4, -0.2) is 41.9 Å². The van der Waals surface area contributed by atoms with Crippen LogP contribution in [0.5, 0.6) is 5.75 Å². The number of aliphatic hydroxyl groups is 2. The van der Waals surface area contributed by atoms with E-state index < -0.39 is 6.10 Å². The zero-order chi connectivity index (χ0) is 16.7. The minimum Gasteiger partial charge on any atom is -0.497 e. The molecular formula is C19H25NO3. The van der Waals surface area contributed by atoms with E-state index in [1.165, 1.54) is 0 Å². The molecule has 0 saturated heterocycles. The number of aliphatic hydroxyl groups excluding tert-OH is 2. The standard InChI is InChI=1S/C19H25NO3/c1-3-20(13-14-21)18(15-7-5-4-6-8-15)19(22)16-9-11-17(23-2)12-10-16/h4-12,18-19,21-22H,3,13-14H2,1-2H3/t18-,19-/m1/s1. The number of hydrogen-bond donors (Lipinski definition) is 2. The molecule has 2 atom stereocenters. The molecule has 0 aliphatic carbocycles.